The molecule has 1 aromatic rings. The fourth-order valence-corrected chi connectivity index (χ4v) is 2.31. The van der Waals surface area contributed by atoms with Crippen LogP contribution >= 0.6 is 0 Å². The second-order valence-corrected chi connectivity index (χ2v) is 3.87. The maximum absolute atomic E-state index is 3.36. The van der Waals surface area contributed by atoms with Gasteiger partial charge < -0.3 is 4.90 Å². The Hall–Kier alpha value is -1.28. The molecule has 72 valence electrons. The van der Waals surface area contributed by atoms with Gasteiger partial charge in [-0.2, -0.15) is 0 Å². The highest BCUT2D eigenvalue weighted by molar-refractivity contribution is 5.69. The summed E-state index contributed by atoms with van der Waals surface area (Å²) in [6.45, 7) is 3.15. The molecule has 1 aromatic carbocycles. The zero-order chi connectivity index (χ0) is 9.38. The van der Waals surface area contributed by atoms with Crippen LogP contribution in [-0.2, 0) is 6.42 Å². The van der Waals surface area contributed by atoms with Crippen molar-refractivity contribution in [3.63, 3.8) is 0 Å². The Balaban J connectivity index is 2.11. The number of benzene rings is 1. The number of nitrogens with one attached hydrogen (secondary N) is 1. The van der Waals surface area contributed by atoms with E-state index in [0.717, 1.165) is 19.8 Å². The molecular formula is C12H14N2. The maximum Gasteiger partial charge on any atom is 0.0684 e. The van der Waals surface area contributed by atoms with Crippen molar-refractivity contribution >= 4 is 5.70 Å². The third-order valence-electron chi connectivity index (χ3n) is 3.03. The van der Waals surface area contributed by atoms with E-state index in [9.17, 15) is 0 Å². The quantitative estimate of drug-likeness (QED) is 0.659. The van der Waals surface area contributed by atoms with Gasteiger partial charge in [0.15, 0.2) is 0 Å². The summed E-state index contributed by atoms with van der Waals surface area (Å²) >= 11 is 0. The lowest BCUT2D eigenvalue weighted by atomic mass is 9.96. The molecule has 2 heteroatoms. The molecule has 0 saturated heterocycles. The number of fused-ring (bicyclic) bond motifs is 3. The van der Waals surface area contributed by atoms with E-state index in [1.807, 2.05) is 0 Å². The molecule has 2 aliphatic rings. The van der Waals surface area contributed by atoms with Gasteiger partial charge in [-0.3, -0.25) is 5.32 Å². The molecule has 0 aromatic heterocycles. The highest BCUT2D eigenvalue weighted by atomic mass is 15.2. The minimum Gasteiger partial charge on any atom is -0.358 e. The van der Waals surface area contributed by atoms with Gasteiger partial charge in [0.25, 0.3) is 0 Å². The lowest BCUT2D eigenvalue weighted by molar-refractivity contribution is 0.349. The Labute approximate surface area is 84.2 Å². The highest BCUT2D eigenvalue weighted by Crippen LogP contribution is 2.28. The second kappa shape index (κ2) is 3.14. The van der Waals surface area contributed by atoms with Crippen molar-refractivity contribution in [1.82, 2.24) is 10.2 Å². The van der Waals surface area contributed by atoms with Crippen LogP contribution in [0.3, 0.4) is 0 Å². The van der Waals surface area contributed by atoms with Gasteiger partial charge >= 0.3 is 0 Å². The Morgan fingerprint density at radius 1 is 1.21 bits per heavy atom. The molecule has 2 heterocycles. The first-order chi connectivity index (χ1) is 6.95. The smallest absolute Gasteiger partial charge is 0.0684 e. The normalized spacial score (nSPS) is 19.7. The summed E-state index contributed by atoms with van der Waals surface area (Å²) in [5, 5.41) is 3.36. The number of nitrogens with zero attached hydrogens (tertiary/aromatic N) is 1. The van der Waals surface area contributed by atoms with Gasteiger partial charge in [-0.25, -0.2) is 0 Å². The Bertz CT molecular complexity index is 382. The summed E-state index contributed by atoms with van der Waals surface area (Å²) in [5.41, 5.74) is 4.35. The van der Waals surface area contributed by atoms with Crippen LogP contribution in [0.15, 0.2) is 30.3 Å². The van der Waals surface area contributed by atoms with E-state index in [1.165, 1.54) is 23.2 Å². The van der Waals surface area contributed by atoms with Crippen molar-refractivity contribution < 1.29 is 0 Å². The van der Waals surface area contributed by atoms with Gasteiger partial charge in [0.2, 0.25) is 0 Å². The van der Waals surface area contributed by atoms with Gasteiger partial charge in [0, 0.05) is 24.4 Å². The van der Waals surface area contributed by atoms with E-state index in [2.05, 4.69) is 40.6 Å². The summed E-state index contributed by atoms with van der Waals surface area (Å²) in [7, 11) is 0. The van der Waals surface area contributed by atoms with E-state index in [-0.39, 0.29) is 0 Å². The summed E-state index contributed by atoms with van der Waals surface area (Å²) in [6, 6.07) is 8.75. The molecule has 0 spiro atoms. The maximum atomic E-state index is 3.36. The lowest BCUT2D eigenvalue weighted by Crippen LogP contribution is -2.40. The molecule has 0 aliphatic carbocycles. The molecule has 2 nitrogen and oxygen atoms in total. The van der Waals surface area contributed by atoms with Crippen LogP contribution in [-0.4, -0.2) is 24.7 Å². The fraction of sp³-hybridized carbons (Fsp3) is 0.333. The van der Waals surface area contributed by atoms with Crippen molar-refractivity contribution in [3.05, 3.63) is 41.5 Å². The third kappa shape index (κ3) is 1.15. The van der Waals surface area contributed by atoms with Crippen LogP contribution in [0.1, 0.15) is 11.1 Å². The number of rotatable bonds is 0. The minimum absolute atomic E-state index is 1.00. The highest BCUT2D eigenvalue weighted by Gasteiger charge is 2.21. The molecular weight excluding hydrogens is 172 g/mol. The molecule has 14 heavy (non-hydrogen) atoms. The third-order valence-corrected chi connectivity index (χ3v) is 3.03. The van der Waals surface area contributed by atoms with Gasteiger partial charge in [0.1, 0.15) is 0 Å². The first-order valence-electron chi connectivity index (χ1n) is 5.19. The molecule has 0 unspecified atom stereocenters. The van der Waals surface area contributed by atoms with Crippen LogP contribution in [0.2, 0.25) is 0 Å². The molecule has 0 bridgehead atoms. The SMILES string of the molecule is C1=C2c3ccccc3CCN2CNC1. The fourth-order valence-electron chi connectivity index (χ4n) is 2.31. The van der Waals surface area contributed by atoms with Crippen molar-refractivity contribution in [3.8, 4) is 0 Å². The van der Waals surface area contributed by atoms with E-state index < -0.39 is 0 Å². The molecule has 0 amide bonds. The zero-order valence-electron chi connectivity index (χ0n) is 8.16. The van der Waals surface area contributed by atoms with Crippen molar-refractivity contribution in [1.29, 1.82) is 0 Å². The molecule has 1 N–H and O–H groups in total. The summed E-state index contributed by atoms with van der Waals surface area (Å²) in [6.07, 6.45) is 3.47. The molecule has 0 fully saturated rings. The predicted octanol–water partition coefficient (Wildman–Crippen LogP) is 1.45. The molecule has 2 aliphatic heterocycles. The monoisotopic (exact) mass is 186 g/mol. The van der Waals surface area contributed by atoms with Crippen molar-refractivity contribution in [2.45, 2.75) is 6.42 Å². The minimum atomic E-state index is 1.00. The summed E-state index contributed by atoms with van der Waals surface area (Å²) in [4.78, 5) is 2.42. The van der Waals surface area contributed by atoms with Gasteiger partial charge in [-0.05, 0) is 18.1 Å². The topological polar surface area (TPSA) is 15.3 Å². The van der Waals surface area contributed by atoms with Crippen LogP contribution in [0, 0.1) is 0 Å². The van der Waals surface area contributed by atoms with Gasteiger partial charge in [-0.1, -0.05) is 24.3 Å². The molecule has 0 atom stereocenters. The van der Waals surface area contributed by atoms with E-state index in [4.69, 9.17) is 0 Å². The van der Waals surface area contributed by atoms with Crippen LogP contribution in [0.25, 0.3) is 5.70 Å². The second-order valence-electron chi connectivity index (χ2n) is 3.87. The van der Waals surface area contributed by atoms with Gasteiger partial charge in [0.05, 0.1) is 6.67 Å². The number of hydrogen-bond donors (Lipinski definition) is 1. The first-order valence-corrected chi connectivity index (χ1v) is 5.19. The van der Waals surface area contributed by atoms with Crippen molar-refractivity contribution in [2.24, 2.45) is 0 Å². The zero-order valence-corrected chi connectivity index (χ0v) is 8.16. The largest absolute Gasteiger partial charge is 0.358 e. The van der Waals surface area contributed by atoms with Crippen LogP contribution < -0.4 is 5.32 Å². The van der Waals surface area contributed by atoms with E-state index >= 15 is 0 Å². The van der Waals surface area contributed by atoms with Crippen molar-refractivity contribution in [2.75, 3.05) is 19.8 Å². The van der Waals surface area contributed by atoms with E-state index in [1.54, 1.807) is 0 Å². The van der Waals surface area contributed by atoms with E-state index in [0.29, 0.717) is 0 Å². The molecule has 0 saturated carbocycles. The standard InChI is InChI=1S/C12H14N2/c1-2-4-11-10(3-1)6-8-14-9-13-7-5-12(11)14/h1-5,13H,6-9H2. The Morgan fingerprint density at radius 2 is 2.14 bits per heavy atom. The molecule has 3 rings (SSSR count). The Morgan fingerprint density at radius 3 is 3.14 bits per heavy atom. The summed E-state index contributed by atoms with van der Waals surface area (Å²) in [5.74, 6) is 0. The van der Waals surface area contributed by atoms with Crippen LogP contribution in [0.5, 0.6) is 0 Å². The number of hydrogen-bond acceptors (Lipinski definition) is 2. The first kappa shape index (κ1) is 8.06. The lowest BCUT2D eigenvalue weighted by Gasteiger charge is -2.36. The average molecular weight is 186 g/mol. The average Bonchev–Trinajstić information content (AvgIpc) is 2.29. The summed E-state index contributed by atoms with van der Waals surface area (Å²) < 4.78 is 0. The predicted molar refractivity (Wildman–Crippen MR) is 57.7 cm³/mol. The Kier molecular flexibility index (Phi) is 1.81. The van der Waals surface area contributed by atoms with Crippen LogP contribution in [0.4, 0.5) is 0 Å². The van der Waals surface area contributed by atoms with Gasteiger partial charge in [-0.15, -0.1) is 0 Å². The molecule has 0 radical (unpaired) electrons.